The van der Waals surface area contributed by atoms with Crippen LogP contribution in [0.1, 0.15) is 43.4 Å². The summed E-state index contributed by atoms with van der Waals surface area (Å²) >= 11 is 0. The smallest absolute Gasteiger partial charge is 0.308 e. The lowest BCUT2D eigenvalue weighted by molar-refractivity contribution is -0.142. The van der Waals surface area contributed by atoms with Crippen LogP contribution >= 0.6 is 0 Å². The summed E-state index contributed by atoms with van der Waals surface area (Å²) in [6.07, 6.45) is 4.59. The van der Waals surface area contributed by atoms with E-state index in [0.717, 1.165) is 31.4 Å². The van der Waals surface area contributed by atoms with E-state index in [2.05, 4.69) is 16.4 Å². The maximum absolute atomic E-state index is 11.4. The molecule has 0 aliphatic heterocycles. The van der Waals surface area contributed by atoms with Gasteiger partial charge in [-0.2, -0.15) is 5.26 Å². The van der Waals surface area contributed by atoms with Gasteiger partial charge < -0.3 is 10.4 Å². The van der Waals surface area contributed by atoms with Crippen molar-refractivity contribution in [3.8, 4) is 6.07 Å². The SMILES string of the molecule is Cc1cc(C#N)cc(NC2CCCCCC2C(=O)O)n1. The molecule has 2 N–H and O–H groups in total. The molecule has 0 spiro atoms. The number of hydrogen-bond donors (Lipinski definition) is 2. The first-order valence-corrected chi connectivity index (χ1v) is 6.98. The fourth-order valence-electron chi connectivity index (χ4n) is 2.77. The van der Waals surface area contributed by atoms with Gasteiger partial charge in [-0.25, -0.2) is 4.98 Å². The Balaban J connectivity index is 2.19. The van der Waals surface area contributed by atoms with Crippen LogP contribution in [0.4, 0.5) is 5.82 Å². The number of carboxylic acids is 1. The third-order valence-electron chi connectivity index (χ3n) is 3.75. The van der Waals surface area contributed by atoms with Crippen LogP contribution in [-0.2, 0) is 4.79 Å². The van der Waals surface area contributed by atoms with Crippen molar-refractivity contribution in [1.29, 1.82) is 5.26 Å². The molecule has 0 radical (unpaired) electrons. The summed E-state index contributed by atoms with van der Waals surface area (Å²) in [6.45, 7) is 1.83. The van der Waals surface area contributed by atoms with Crippen LogP contribution in [0.15, 0.2) is 12.1 Å². The van der Waals surface area contributed by atoms with Crippen molar-refractivity contribution in [2.75, 3.05) is 5.32 Å². The second-order valence-electron chi connectivity index (χ2n) is 5.33. The van der Waals surface area contributed by atoms with Crippen molar-refractivity contribution < 1.29 is 9.90 Å². The molecule has 5 heteroatoms. The predicted molar refractivity (Wildman–Crippen MR) is 75.3 cm³/mol. The van der Waals surface area contributed by atoms with Crippen LogP contribution in [-0.4, -0.2) is 22.1 Å². The quantitative estimate of drug-likeness (QED) is 0.827. The van der Waals surface area contributed by atoms with Gasteiger partial charge in [0.25, 0.3) is 0 Å². The van der Waals surface area contributed by atoms with E-state index >= 15 is 0 Å². The average molecular weight is 273 g/mol. The van der Waals surface area contributed by atoms with Gasteiger partial charge in [-0.3, -0.25) is 4.79 Å². The average Bonchev–Trinajstić information content (AvgIpc) is 2.63. The van der Waals surface area contributed by atoms with Gasteiger partial charge >= 0.3 is 5.97 Å². The number of nitriles is 1. The fraction of sp³-hybridized carbons (Fsp3) is 0.533. The Hall–Kier alpha value is -2.09. The molecular formula is C15H19N3O2. The minimum Gasteiger partial charge on any atom is -0.481 e. The van der Waals surface area contributed by atoms with Gasteiger partial charge in [0.2, 0.25) is 0 Å². The monoisotopic (exact) mass is 273 g/mol. The molecule has 1 fully saturated rings. The van der Waals surface area contributed by atoms with Gasteiger partial charge in [0.15, 0.2) is 0 Å². The van der Waals surface area contributed by atoms with Crippen molar-refractivity contribution in [1.82, 2.24) is 4.98 Å². The number of aryl methyl sites for hydroxylation is 1. The standard InChI is InChI=1S/C15H19N3O2/c1-10-7-11(9-16)8-14(17-10)18-13-6-4-2-3-5-12(13)15(19)20/h7-8,12-13H,2-6H2,1H3,(H,17,18)(H,19,20). The zero-order chi connectivity index (χ0) is 14.5. The van der Waals surface area contributed by atoms with Gasteiger partial charge in [-0.15, -0.1) is 0 Å². The number of nitrogens with zero attached hydrogens (tertiary/aromatic N) is 2. The molecule has 0 bridgehead atoms. The number of nitrogens with one attached hydrogen (secondary N) is 1. The van der Waals surface area contributed by atoms with Crippen LogP contribution in [0.3, 0.4) is 0 Å². The van der Waals surface area contributed by atoms with Crippen molar-refractivity contribution in [2.24, 2.45) is 5.92 Å². The summed E-state index contributed by atoms with van der Waals surface area (Å²) in [7, 11) is 0. The van der Waals surface area contributed by atoms with Crippen molar-refractivity contribution >= 4 is 11.8 Å². The van der Waals surface area contributed by atoms with Gasteiger partial charge in [0.1, 0.15) is 5.82 Å². The number of hydrogen-bond acceptors (Lipinski definition) is 4. The molecule has 2 rings (SSSR count). The summed E-state index contributed by atoms with van der Waals surface area (Å²) < 4.78 is 0. The Labute approximate surface area is 118 Å². The molecule has 1 aromatic heterocycles. The highest BCUT2D eigenvalue weighted by Gasteiger charge is 2.29. The van der Waals surface area contributed by atoms with E-state index in [1.165, 1.54) is 0 Å². The Bertz CT molecular complexity index is 536. The normalized spacial score (nSPS) is 22.6. The van der Waals surface area contributed by atoms with Gasteiger partial charge in [-0.1, -0.05) is 19.3 Å². The molecule has 1 aliphatic rings. The summed E-state index contributed by atoms with van der Waals surface area (Å²) in [6, 6.07) is 5.37. The number of anilines is 1. The third kappa shape index (κ3) is 3.47. The maximum Gasteiger partial charge on any atom is 0.308 e. The highest BCUT2D eigenvalue weighted by molar-refractivity contribution is 5.71. The highest BCUT2D eigenvalue weighted by atomic mass is 16.4. The molecule has 0 amide bonds. The summed E-state index contributed by atoms with van der Waals surface area (Å²) in [5, 5.41) is 21.6. The number of pyridine rings is 1. The lowest BCUT2D eigenvalue weighted by Gasteiger charge is -2.23. The van der Waals surface area contributed by atoms with Crippen LogP contribution in [0.2, 0.25) is 0 Å². The molecule has 0 aromatic carbocycles. The van der Waals surface area contributed by atoms with Gasteiger partial charge in [0.05, 0.1) is 17.6 Å². The first kappa shape index (κ1) is 14.3. The number of aliphatic carboxylic acids is 1. The summed E-state index contributed by atoms with van der Waals surface area (Å²) in [4.78, 5) is 15.7. The molecule has 2 atom stereocenters. The molecule has 1 heterocycles. The van der Waals surface area contributed by atoms with Crippen molar-refractivity contribution in [3.05, 3.63) is 23.4 Å². The van der Waals surface area contributed by atoms with E-state index in [0.29, 0.717) is 17.8 Å². The zero-order valence-electron chi connectivity index (χ0n) is 11.6. The molecule has 20 heavy (non-hydrogen) atoms. The topological polar surface area (TPSA) is 86.0 Å². The number of carbonyl (C=O) groups is 1. The molecule has 0 saturated heterocycles. The summed E-state index contributed by atoms with van der Waals surface area (Å²) in [5.74, 6) is -0.539. The highest BCUT2D eigenvalue weighted by Crippen LogP contribution is 2.26. The van der Waals surface area contributed by atoms with E-state index in [-0.39, 0.29) is 12.0 Å². The zero-order valence-corrected chi connectivity index (χ0v) is 11.6. The van der Waals surface area contributed by atoms with E-state index in [4.69, 9.17) is 5.26 Å². The number of rotatable bonds is 3. The van der Waals surface area contributed by atoms with Crippen LogP contribution in [0, 0.1) is 24.2 Å². The van der Waals surface area contributed by atoms with Crippen LogP contribution < -0.4 is 5.32 Å². The number of aromatic nitrogens is 1. The van der Waals surface area contributed by atoms with E-state index in [1.807, 2.05) is 6.92 Å². The predicted octanol–water partition coefficient (Wildman–Crippen LogP) is 2.71. The molecule has 1 saturated carbocycles. The molecule has 1 aliphatic carbocycles. The Morgan fingerprint density at radius 3 is 2.85 bits per heavy atom. The van der Waals surface area contributed by atoms with E-state index < -0.39 is 5.97 Å². The second kappa shape index (κ2) is 6.38. The summed E-state index contributed by atoms with van der Waals surface area (Å²) in [5.41, 5.74) is 1.30. The largest absolute Gasteiger partial charge is 0.481 e. The van der Waals surface area contributed by atoms with Crippen LogP contribution in [0.25, 0.3) is 0 Å². The molecular weight excluding hydrogens is 254 g/mol. The third-order valence-corrected chi connectivity index (χ3v) is 3.75. The minimum atomic E-state index is -0.752. The van der Waals surface area contributed by atoms with Gasteiger partial charge in [0, 0.05) is 11.7 Å². The van der Waals surface area contributed by atoms with Crippen molar-refractivity contribution in [3.63, 3.8) is 0 Å². The number of carboxylic acid groups (broad SMARTS) is 1. The van der Waals surface area contributed by atoms with Gasteiger partial charge in [-0.05, 0) is 31.9 Å². The lowest BCUT2D eigenvalue weighted by atomic mass is 9.95. The van der Waals surface area contributed by atoms with Crippen LogP contribution in [0.5, 0.6) is 0 Å². The first-order valence-electron chi connectivity index (χ1n) is 6.98. The second-order valence-corrected chi connectivity index (χ2v) is 5.33. The molecule has 106 valence electrons. The van der Waals surface area contributed by atoms with Crippen molar-refractivity contribution in [2.45, 2.75) is 45.1 Å². The first-order chi connectivity index (χ1) is 9.60. The van der Waals surface area contributed by atoms with E-state index in [1.54, 1.807) is 12.1 Å². The molecule has 5 nitrogen and oxygen atoms in total. The fourth-order valence-corrected chi connectivity index (χ4v) is 2.77. The maximum atomic E-state index is 11.4. The van der Waals surface area contributed by atoms with E-state index in [9.17, 15) is 9.90 Å². The molecule has 1 aromatic rings. The Kier molecular flexibility index (Phi) is 4.57. The lowest BCUT2D eigenvalue weighted by Crippen LogP contribution is -2.34. The molecule has 2 unspecified atom stereocenters. The Morgan fingerprint density at radius 1 is 1.40 bits per heavy atom. The Morgan fingerprint density at radius 2 is 2.15 bits per heavy atom. The minimum absolute atomic E-state index is 0.115.